The lowest BCUT2D eigenvalue weighted by atomic mass is 9.68. The highest BCUT2D eigenvalue weighted by molar-refractivity contribution is 5.98. The Hall–Kier alpha value is -2.91. The number of ether oxygens (including phenoxy) is 2. The summed E-state index contributed by atoms with van der Waals surface area (Å²) >= 11 is 0. The summed E-state index contributed by atoms with van der Waals surface area (Å²) in [6.07, 6.45) is 6.69. The first-order valence-corrected chi connectivity index (χ1v) is 17.0. The molecule has 8 nitrogen and oxygen atoms in total. The molecule has 2 aliphatic rings. The van der Waals surface area contributed by atoms with Crippen LogP contribution in [0.15, 0.2) is 59.1 Å². The van der Waals surface area contributed by atoms with Crippen LogP contribution in [0.2, 0.25) is 0 Å². The summed E-state index contributed by atoms with van der Waals surface area (Å²) in [6.45, 7) is 15.3. The number of allylic oxidation sites excluding steroid dienone is 2. The van der Waals surface area contributed by atoms with Crippen molar-refractivity contribution in [3.8, 4) is 0 Å². The van der Waals surface area contributed by atoms with Gasteiger partial charge in [0.2, 0.25) is 0 Å². The molecule has 8 heteroatoms. The fourth-order valence-corrected chi connectivity index (χ4v) is 6.11. The van der Waals surface area contributed by atoms with Crippen LogP contribution in [0.4, 0.5) is 17.1 Å². The highest BCUT2D eigenvalue weighted by Crippen LogP contribution is 2.40. The molecule has 248 valence electrons. The third-order valence-corrected chi connectivity index (χ3v) is 9.43. The molecule has 1 saturated heterocycles. The fourth-order valence-electron chi connectivity index (χ4n) is 6.11. The molecule has 3 unspecified atom stereocenters. The van der Waals surface area contributed by atoms with Gasteiger partial charge in [-0.3, -0.25) is 4.99 Å². The van der Waals surface area contributed by atoms with Gasteiger partial charge in [-0.1, -0.05) is 42.8 Å². The molecule has 0 aromatic heterocycles. The number of anilines is 3. The van der Waals surface area contributed by atoms with Crippen molar-refractivity contribution in [2.45, 2.75) is 52.5 Å². The lowest BCUT2D eigenvalue weighted by Gasteiger charge is -2.44. The Morgan fingerprint density at radius 3 is 2.42 bits per heavy atom. The minimum atomic E-state index is 0.355. The molecule has 1 saturated carbocycles. The van der Waals surface area contributed by atoms with Gasteiger partial charge in [-0.05, 0) is 88.9 Å². The average molecular weight is 619 g/mol. The van der Waals surface area contributed by atoms with Crippen LogP contribution in [0, 0.1) is 11.8 Å². The molecule has 2 fully saturated rings. The Morgan fingerprint density at radius 2 is 1.73 bits per heavy atom. The Kier molecular flexibility index (Phi) is 14.2. The molecule has 4 N–H and O–H groups in total. The molecule has 1 aliphatic carbocycles. The molecule has 2 aromatic rings. The van der Waals surface area contributed by atoms with Crippen LogP contribution in [0.5, 0.6) is 0 Å². The van der Waals surface area contributed by atoms with Crippen molar-refractivity contribution in [3.05, 3.63) is 65.2 Å². The molecule has 1 heterocycles. The number of nitrogens with one attached hydrogen (secondary N) is 2. The first kappa shape index (κ1) is 35.0. The summed E-state index contributed by atoms with van der Waals surface area (Å²) < 4.78 is 11.2. The molecule has 4 rings (SSSR count). The number of aryl methyl sites for hydroxylation is 1. The number of nitrogen functional groups attached to an aromatic ring is 1. The number of likely N-dealkylation sites (N-methyl/N-ethyl adjacent to an activating group) is 2. The Balaban J connectivity index is 1.29. The monoisotopic (exact) mass is 618 g/mol. The number of piperazine rings is 1. The van der Waals surface area contributed by atoms with Crippen LogP contribution < -0.4 is 21.3 Å². The van der Waals surface area contributed by atoms with E-state index < -0.39 is 0 Å². The van der Waals surface area contributed by atoms with Gasteiger partial charge in [-0.2, -0.15) is 0 Å². The van der Waals surface area contributed by atoms with E-state index in [0.29, 0.717) is 31.1 Å². The molecule has 0 radical (unpaired) electrons. The Bertz CT molecular complexity index is 1220. The summed E-state index contributed by atoms with van der Waals surface area (Å²) in [5, 5.41) is 6.87. The zero-order valence-corrected chi connectivity index (χ0v) is 28.5. The van der Waals surface area contributed by atoms with E-state index in [0.717, 1.165) is 95.3 Å². The van der Waals surface area contributed by atoms with E-state index in [1.54, 1.807) is 0 Å². The first-order valence-electron chi connectivity index (χ1n) is 17.0. The van der Waals surface area contributed by atoms with Crippen molar-refractivity contribution >= 4 is 22.8 Å². The normalized spacial score (nSPS) is 21.2. The summed E-state index contributed by atoms with van der Waals surface area (Å²) in [5.74, 6) is 0.973. The maximum absolute atomic E-state index is 6.59. The predicted molar refractivity (Wildman–Crippen MR) is 191 cm³/mol. The molecule has 45 heavy (non-hydrogen) atoms. The van der Waals surface area contributed by atoms with Crippen LogP contribution in [0.3, 0.4) is 0 Å². The van der Waals surface area contributed by atoms with Gasteiger partial charge in [0.15, 0.2) is 0 Å². The average Bonchev–Trinajstić information content (AvgIpc) is 3.04. The third-order valence-electron chi connectivity index (χ3n) is 9.43. The molecule has 0 amide bonds. The molecular formula is C37H58N6O2. The number of hydrogen-bond acceptors (Lipinski definition) is 8. The maximum atomic E-state index is 6.59. The van der Waals surface area contributed by atoms with Crippen LogP contribution >= 0.6 is 0 Å². The van der Waals surface area contributed by atoms with Crippen molar-refractivity contribution in [2.75, 3.05) is 95.7 Å². The first-order chi connectivity index (χ1) is 21.9. The summed E-state index contributed by atoms with van der Waals surface area (Å²) in [7, 11) is 4.11. The second-order valence-electron chi connectivity index (χ2n) is 12.8. The van der Waals surface area contributed by atoms with Gasteiger partial charge in [0, 0.05) is 69.2 Å². The van der Waals surface area contributed by atoms with Gasteiger partial charge in [-0.15, -0.1) is 0 Å². The quantitative estimate of drug-likeness (QED) is 0.0882. The van der Waals surface area contributed by atoms with Gasteiger partial charge < -0.3 is 35.6 Å². The topological polar surface area (TPSA) is 87.4 Å². The minimum Gasteiger partial charge on any atom is -0.397 e. The number of benzene rings is 2. The van der Waals surface area contributed by atoms with Crippen molar-refractivity contribution in [2.24, 2.45) is 16.8 Å². The zero-order chi connectivity index (χ0) is 32.0. The van der Waals surface area contributed by atoms with E-state index in [4.69, 9.17) is 20.2 Å². The van der Waals surface area contributed by atoms with Crippen LogP contribution in [0.25, 0.3) is 0 Å². The summed E-state index contributed by atoms with van der Waals surface area (Å²) in [5.41, 5.74) is 14.8. The van der Waals surface area contributed by atoms with Crippen LogP contribution in [0.1, 0.15) is 51.2 Å². The number of nitrogens with zero attached hydrogens (tertiary/aromatic N) is 3. The Morgan fingerprint density at radius 1 is 1.00 bits per heavy atom. The van der Waals surface area contributed by atoms with Crippen molar-refractivity contribution in [1.82, 2.24) is 10.2 Å². The molecular weight excluding hydrogens is 560 g/mol. The number of nitrogens with two attached hydrogens (primary N) is 1. The molecule has 0 spiro atoms. The zero-order valence-electron chi connectivity index (χ0n) is 28.5. The molecule has 2 aromatic carbocycles. The van der Waals surface area contributed by atoms with Crippen molar-refractivity contribution in [1.29, 1.82) is 0 Å². The number of aliphatic imine (C=N–C) groups is 1. The lowest BCUT2D eigenvalue weighted by molar-refractivity contribution is 0.0484. The van der Waals surface area contributed by atoms with Crippen LogP contribution in [-0.4, -0.2) is 96.4 Å². The standard InChI is InChI=1S/C37H58N6O2/c1-6-28(2)24-32-25-37(41-36-14-13-33(26-35(36)38)43-18-16-42(5)17-19-43)34(32)27-40-29(3)31-11-9-30(10-12-31)8-7-20-44-22-23-45-21-15-39-4/h9-14,24,26,32,34,37,39,41H,6-8,15-23,25,27,38H2,1-5H3/b28-24-,40-29?. The smallest absolute Gasteiger partial charge is 0.0701 e. The Labute approximate surface area is 272 Å². The van der Waals surface area contributed by atoms with E-state index in [-0.39, 0.29) is 0 Å². The largest absolute Gasteiger partial charge is 0.397 e. The molecule has 1 aliphatic heterocycles. The van der Waals surface area contributed by atoms with Gasteiger partial charge >= 0.3 is 0 Å². The van der Waals surface area contributed by atoms with E-state index in [1.165, 1.54) is 22.4 Å². The highest BCUT2D eigenvalue weighted by atomic mass is 16.5. The van der Waals surface area contributed by atoms with Crippen LogP contribution in [-0.2, 0) is 15.9 Å². The SMILES string of the molecule is CC/C(C)=C\C1CC(Nc2ccc(N3CCN(C)CC3)cc2N)C1CN=C(C)c1ccc(CCCOCCOCCNC)cc1. The fraction of sp³-hybridized carbons (Fsp3) is 0.595. The van der Waals surface area contributed by atoms with Gasteiger partial charge in [0.05, 0.1) is 31.2 Å². The van der Waals surface area contributed by atoms with Gasteiger partial charge in [-0.25, -0.2) is 0 Å². The molecule has 0 bridgehead atoms. The van der Waals surface area contributed by atoms with E-state index in [2.05, 4.69) is 96.8 Å². The summed E-state index contributed by atoms with van der Waals surface area (Å²) in [6, 6.07) is 15.8. The van der Waals surface area contributed by atoms with E-state index >= 15 is 0 Å². The maximum Gasteiger partial charge on any atom is 0.0701 e. The van der Waals surface area contributed by atoms with E-state index in [1.807, 2.05) is 7.05 Å². The van der Waals surface area contributed by atoms with Crippen molar-refractivity contribution in [3.63, 3.8) is 0 Å². The second kappa shape index (κ2) is 18.3. The minimum absolute atomic E-state index is 0.355. The molecule has 3 atom stereocenters. The highest BCUT2D eigenvalue weighted by Gasteiger charge is 2.39. The lowest BCUT2D eigenvalue weighted by Crippen LogP contribution is -2.47. The number of rotatable bonds is 18. The third kappa shape index (κ3) is 10.8. The predicted octanol–water partition coefficient (Wildman–Crippen LogP) is 5.49. The van der Waals surface area contributed by atoms with Crippen molar-refractivity contribution < 1.29 is 9.47 Å². The second-order valence-corrected chi connectivity index (χ2v) is 12.8. The van der Waals surface area contributed by atoms with Gasteiger partial charge in [0.1, 0.15) is 0 Å². The number of hydrogen-bond donors (Lipinski definition) is 3. The summed E-state index contributed by atoms with van der Waals surface area (Å²) in [4.78, 5) is 9.93. The van der Waals surface area contributed by atoms with E-state index in [9.17, 15) is 0 Å². The van der Waals surface area contributed by atoms with Gasteiger partial charge in [0.25, 0.3) is 0 Å².